The van der Waals surface area contributed by atoms with Crippen LogP contribution in [0.2, 0.25) is 0 Å². The van der Waals surface area contributed by atoms with Crippen LogP contribution in [-0.4, -0.2) is 12.0 Å². The topological polar surface area (TPSA) is 38.3 Å². The van der Waals surface area contributed by atoms with Gasteiger partial charge in [-0.15, -0.1) is 0 Å². The SMILES string of the molecule is CC(Oc1ccccc1Br)C(=O)NC1CCCc2ccccc21. The maximum absolute atomic E-state index is 12.5. The third kappa shape index (κ3) is 3.75. The van der Waals surface area contributed by atoms with Gasteiger partial charge in [0.1, 0.15) is 5.75 Å². The Balaban J connectivity index is 1.67. The second-order valence-corrected chi connectivity index (χ2v) is 6.70. The van der Waals surface area contributed by atoms with Crippen LogP contribution in [0.5, 0.6) is 5.75 Å². The fraction of sp³-hybridized carbons (Fsp3) is 0.316. The molecule has 1 aliphatic carbocycles. The largest absolute Gasteiger partial charge is 0.480 e. The van der Waals surface area contributed by atoms with Crippen molar-refractivity contribution >= 4 is 21.8 Å². The minimum atomic E-state index is -0.539. The highest BCUT2D eigenvalue weighted by Gasteiger charge is 2.24. The van der Waals surface area contributed by atoms with Gasteiger partial charge in [0.15, 0.2) is 6.10 Å². The molecular formula is C19H20BrNO2. The Morgan fingerprint density at radius 3 is 2.78 bits per heavy atom. The number of halogens is 1. The Hall–Kier alpha value is -1.81. The highest BCUT2D eigenvalue weighted by Crippen LogP contribution is 2.30. The molecule has 0 saturated carbocycles. The van der Waals surface area contributed by atoms with Gasteiger partial charge in [0.05, 0.1) is 10.5 Å². The van der Waals surface area contributed by atoms with Gasteiger partial charge in [0, 0.05) is 0 Å². The quantitative estimate of drug-likeness (QED) is 0.861. The van der Waals surface area contributed by atoms with Crippen LogP contribution in [0, 0.1) is 0 Å². The van der Waals surface area contributed by atoms with Crippen molar-refractivity contribution in [3.63, 3.8) is 0 Å². The number of carbonyl (C=O) groups excluding carboxylic acids is 1. The average molecular weight is 374 g/mol. The van der Waals surface area contributed by atoms with Gasteiger partial charge in [-0.3, -0.25) is 4.79 Å². The lowest BCUT2D eigenvalue weighted by Crippen LogP contribution is -2.39. The lowest BCUT2D eigenvalue weighted by molar-refractivity contribution is -0.128. The molecule has 0 aliphatic heterocycles. The molecular weight excluding hydrogens is 354 g/mol. The first-order chi connectivity index (χ1) is 11.1. The van der Waals surface area contributed by atoms with Crippen molar-refractivity contribution in [3.8, 4) is 5.75 Å². The maximum atomic E-state index is 12.5. The highest BCUT2D eigenvalue weighted by atomic mass is 79.9. The fourth-order valence-corrected chi connectivity index (χ4v) is 3.36. The summed E-state index contributed by atoms with van der Waals surface area (Å²) >= 11 is 3.44. The second kappa shape index (κ2) is 7.18. The number of hydrogen-bond acceptors (Lipinski definition) is 2. The zero-order valence-corrected chi connectivity index (χ0v) is 14.7. The van der Waals surface area contributed by atoms with Gasteiger partial charge in [0.2, 0.25) is 0 Å². The number of benzene rings is 2. The van der Waals surface area contributed by atoms with Crippen molar-refractivity contribution in [3.05, 3.63) is 64.1 Å². The molecule has 0 fully saturated rings. The lowest BCUT2D eigenvalue weighted by atomic mass is 9.87. The van der Waals surface area contributed by atoms with Crippen LogP contribution >= 0.6 is 15.9 Å². The van der Waals surface area contributed by atoms with E-state index in [0.29, 0.717) is 5.75 Å². The number of ether oxygens (including phenoxy) is 1. The summed E-state index contributed by atoms with van der Waals surface area (Å²) in [5.41, 5.74) is 2.57. The number of fused-ring (bicyclic) bond motifs is 1. The molecule has 0 radical (unpaired) electrons. The van der Waals surface area contributed by atoms with E-state index in [1.54, 1.807) is 6.92 Å². The summed E-state index contributed by atoms with van der Waals surface area (Å²) < 4.78 is 6.63. The summed E-state index contributed by atoms with van der Waals surface area (Å²) in [5, 5.41) is 3.14. The summed E-state index contributed by atoms with van der Waals surface area (Å²) in [6.45, 7) is 1.78. The first kappa shape index (κ1) is 16.1. The van der Waals surface area contributed by atoms with E-state index in [1.807, 2.05) is 30.3 Å². The van der Waals surface area contributed by atoms with Gasteiger partial charge in [-0.05, 0) is 65.4 Å². The molecule has 120 valence electrons. The van der Waals surface area contributed by atoms with Crippen molar-refractivity contribution in [2.45, 2.75) is 38.3 Å². The van der Waals surface area contributed by atoms with Crippen molar-refractivity contribution in [2.24, 2.45) is 0 Å². The van der Waals surface area contributed by atoms with Crippen LogP contribution in [0.25, 0.3) is 0 Å². The standard InChI is InChI=1S/C19H20BrNO2/c1-13(23-18-12-5-4-10-16(18)20)19(22)21-17-11-6-8-14-7-2-3-9-15(14)17/h2-5,7,9-10,12-13,17H,6,8,11H2,1H3,(H,21,22). The van der Waals surface area contributed by atoms with Gasteiger partial charge >= 0.3 is 0 Å². The first-order valence-electron chi connectivity index (χ1n) is 7.94. The Kier molecular flexibility index (Phi) is 5.01. The minimum absolute atomic E-state index is 0.0811. The molecule has 1 N–H and O–H groups in total. The van der Waals surface area contributed by atoms with Gasteiger partial charge in [0.25, 0.3) is 5.91 Å². The maximum Gasteiger partial charge on any atom is 0.261 e. The molecule has 0 bridgehead atoms. The summed E-state index contributed by atoms with van der Waals surface area (Å²) in [7, 11) is 0. The molecule has 2 aromatic rings. The third-order valence-corrected chi connectivity index (χ3v) is 4.85. The van der Waals surface area contributed by atoms with E-state index in [2.05, 4.69) is 39.4 Å². The molecule has 2 atom stereocenters. The summed E-state index contributed by atoms with van der Waals surface area (Å²) in [4.78, 5) is 12.5. The zero-order chi connectivity index (χ0) is 16.2. The molecule has 1 amide bonds. The van der Waals surface area contributed by atoms with Gasteiger partial charge < -0.3 is 10.1 Å². The highest BCUT2D eigenvalue weighted by molar-refractivity contribution is 9.10. The molecule has 3 rings (SSSR count). The molecule has 0 aromatic heterocycles. The van der Waals surface area contributed by atoms with E-state index in [4.69, 9.17) is 4.74 Å². The number of nitrogens with one attached hydrogen (secondary N) is 1. The Morgan fingerprint density at radius 2 is 1.96 bits per heavy atom. The fourth-order valence-electron chi connectivity index (χ4n) is 2.98. The number of amides is 1. The molecule has 4 heteroatoms. The normalized spacial score (nSPS) is 17.9. The van der Waals surface area contributed by atoms with Crippen molar-refractivity contribution in [1.82, 2.24) is 5.32 Å². The molecule has 0 heterocycles. The first-order valence-corrected chi connectivity index (χ1v) is 8.74. The van der Waals surface area contributed by atoms with Gasteiger partial charge in [-0.2, -0.15) is 0 Å². The van der Waals surface area contributed by atoms with Crippen molar-refractivity contribution in [1.29, 1.82) is 0 Å². The van der Waals surface area contributed by atoms with Crippen LogP contribution < -0.4 is 10.1 Å². The monoisotopic (exact) mass is 373 g/mol. The number of carbonyl (C=O) groups is 1. The molecule has 3 nitrogen and oxygen atoms in total. The molecule has 0 spiro atoms. The summed E-state index contributed by atoms with van der Waals surface area (Å²) in [6.07, 6.45) is 2.63. The van der Waals surface area contributed by atoms with Crippen LogP contribution in [0.1, 0.15) is 36.9 Å². The van der Waals surface area contributed by atoms with Crippen LogP contribution in [0.15, 0.2) is 53.0 Å². The van der Waals surface area contributed by atoms with E-state index in [-0.39, 0.29) is 11.9 Å². The smallest absolute Gasteiger partial charge is 0.261 e. The number of aryl methyl sites for hydroxylation is 1. The predicted octanol–water partition coefficient (Wildman–Crippen LogP) is 4.41. The average Bonchev–Trinajstić information content (AvgIpc) is 2.57. The van der Waals surface area contributed by atoms with E-state index < -0.39 is 6.10 Å². The summed E-state index contributed by atoms with van der Waals surface area (Å²) in [6, 6.07) is 16.0. The van der Waals surface area contributed by atoms with Gasteiger partial charge in [-0.1, -0.05) is 36.4 Å². The number of hydrogen-bond donors (Lipinski definition) is 1. The van der Waals surface area contributed by atoms with E-state index in [0.717, 1.165) is 23.7 Å². The molecule has 2 aromatic carbocycles. The van der Waals surface area contributed by atoms with E-state index >= 15 is 0 Å². The van der Waals surface area contributed by atoms with Crippen molar-refractivity contribution in [2.75, 3.05) is 0 Å². The molecule has 2 unspecified atom stereocenters. The number of para-hydroxylation sites is 1. The van der Waals surface area contributed by atoms with Gasteiger partial charge in [-0.25, -0.2) is 0 Å². The predicted molar refractivity (Wildman–Crippen MR) is 94.5 cm³/mol. The molecule has 23 heavy (non-hydrogen) atoms. The number of rotatable bonds is 4. The Labute approximate surface area is 145 Å². The van der Waals surface area contributed by atoms with Crippen molar-refractivity contribution < 1.29 is 9.53 Å². The summed E-state index contributed by atoms with van der Waals surface area (Å²) in [5.74, 6) is 0.599. The molecule has 1 aliphatic rings. The molecule has 0 saturated heterocycles. The van der Waals surface area contributed by atoms with E-state index in [1.165, 1.54) is 11.1 Å². The second-order valence-electron chi connectivity index (χ2n) is 5.84. The Bertz CT molecular complexity index is 701. The van der Waals surface area contributed by atoms with E-state index in [9.17, 15) is 4.79 Å². The van der Waals surface area contributed by atoms with Crippen LogP contribution in [-0.2, 0) is 11.2 Å². The third-order valence-electron chi connectivity index (χ3n) is 4.20. The minimum Gasteiger partial charge on any atom is -0.480 e. The van der Waals surface area contributed by atoms with Crippen LogP contribution in [0.3, 0.4) is 0 Å². The Morgan fingerprint density at radius 1 is 1.22 bits per heavy atom. The zero-order valence-electron chi connectivity index (χ0n) is 13.1. The van der Waals surface area contributed by atoms with Crippen LogP contribution in [0.4, 0.5) is 0 Å². The lowest BCUT2D eigenvalue weighted by Gasteiger charge is -2.27.